The fourth-order valence-electron chi connectivity index (χ4n) is 2.19. The molecule has 2 heterocycles. The summed E-state index contributed by atoms with van der Waals surface area (Å²) in [6.45, 7) is 1.98. The van der Waals surface area contributed by atoms with E-state index < -0.39 is 0 Å². The van der Waals surface area contributed by atoms with Crippen molar-refractivity contribution in [3.8, 4) is 17.4 Å². The molecule has 0 spiro atoms. The van der Waals surface area contributed by atoms with Gasteiger partial charge in [0.1, 0.15) is 11.5 Å². The molecule has 0 saturated carbocycles. The molecular weight excluding hydrogens is 294 g/mol. The van der Waals surface area contributed by atoms with E-state index >= 15 is 0 Å². The van der Waals surface area contributed by atoms with E-state index in [2.05, 4.69) is 15.6 Å². The van der Waals surface area contributed by atoms with Crippen molar-refractivity contribution < 1.29 is 14.3 Å². The maximum absolute atomic E-state index is 11.8. The lowest BCUT2D eigenvalue weighted by atomic mass is 10.0. The molecule has 1 aromatic heterocycles. The van der Waals surface area contributed by atoms with Crippen LogP contribution < -0.4 is 20.1 Å². The second kappa shape index (κ2) is 7.11. The summed E-state index contributed by atoms with van der Waals surface area (Å²) in [5.41, 5.74) is 0.948. The highest BCUT2D eigenvalue weighted by Crippen LogP contribution is 2.22. The minimum atomic E-state index is 0.0817. The molecule has 1 aromatic carbocycles. The van der Waals surface area contributed by atoms with Crippen LogP contribution in [0.1, 0.15) is 5.56 Å². The standard InChI is InChI=1S/C17H19N3O3/c1-22-14-2-4-15(5-3-14)23-16-8-12(6-7-19-16)9-20-17(21)13-10-18-11-13/h2-8,13,18H,9-11H2,1H3,(H,20,21). The fraction of sp³-hybridized carbons (Fsp3) is 0.294. The molecule has 0 radical (unpaired) electrons. The van der Waals surface area contributed by atoms with E-state index in [0.717, 1.165) is 24.4 Å². The number of pyridine rings is 1. The third-order valence-corrected chi connectivity index (χ3v) is 3.70. The van der Waals surface area contributed by atoms with Crippen molar-refractivity contribution >= 4 is 5.91 Å². The van der Waals surface area contributed by atoms with Gasteiger partial charge in [-0.05, 0) is 35.9 Å². The lowest BCUT2D eigenvalue weighted by Gasteiger charge is -2.25. The molecule has 6 nitrogen and oxygen atoms in total. The molecule has 2 aromatic rings. The van der Waals surface area contributed by atoms with Crippen LogP contribution in [-0.4, -0.2) is 31.1 Å². The lowest BCUT2D eigenvalue weighted by Crippen LogP contribution is -2.50. The quantitative estimate of drug-likeness (QED) is 0.849. The van der Waals surface area contributed by atoms with Gasteiger partial charge in [0.2, 0.25) is 11.8 Å². The SMILES string of the molecule is COc1ccc(Oc2cc(CNC(=O)C3CNC3)ccn2)cc1. The monoisotopic (exact) mass is 313 g/mol. The predicted molar refractivity (Wildman–Crippen MR) is 85.5 cm³/mol. The summed E-state index contributed by atoms with van der Waals surface area (Å²) in [7, 11) is 1.62. The summed E-state index contributed by atoms with van der Waals surface area (Å²) in [6.07, 6.45) is 1.67. The molecule has 0 unspecified atom stereocenters. The first-order valence-electron chi connectivity index (χ1n) is 7.50. The van der Waals surface area contributed by atoms with E-state index in [1.54, 1.807) is 13.3 Å². The summed E-state index contributed by atoms with van der Waals surface area (Å²) in [5.74, 6) is 2.12. The number of methoxy groups -OCH3 is 1. The first-order chi connectivity index (χ1) is 11.2. The number of hydrogen-bond donors (Lipinski definition) is 2. The van der Waals surface area contributed by atoms with Crippen LogP contribution >= 0.6 is 0 Å². The number of carbonyl (C=O) groups is 1. The Kier molecular flexibility index (Phi) is 4.73. The summed E-state index contributed by atoms with van der Waals surface area (Å²) in [4.78, 5) is 16.0. The van der Waals surface area contributed by atoms with Gasteiger partial charge in [0, 0.05) is 31.9 Å². The molecule has 0 atom stereocenters. The van der Waals surface area contributed by atoms with Crippen LogP contribution in [0.3, 0.4) is 0 Å². The van der Waals surface area contributed by atoms with Gasteiger partial charge in [0.25, 0.3) is 0 Å². The minimum Gasteiger partial charge on any atom is -0.497 e. The lowest BCUT2D eigenvalue weighted by molar-refractivity contribution is -0.126. The third kappa shape index (κ3) is 3.98. The van der Waals surface area contributed by atoms with Crippen molar-refractivity contribution in [2.24, 2.45) is 5.92 Å². The van der Waals surface area contributed by atoms with Crippen LogP contribution in [0, 0.1) is 5.92 Å². The molecule has 2 N–H and O–H groups in total. The van der Waals surface area contributed by atoms with Crippen LogP contribution in [0.25, 0.3) is 0 Å². The topological polar surface area (TPSA) is 72.5 Å². The van der Waals surface area contributed by atoms with Crippen LogP contribution in [-0.2, 0) is 11.3 Å². The van der Waals surface area contributed by atoms with Crippen molar-refractivity contribution in [1.82, 2.24) is 15.6 Å². The van der Waals surface area contributed by atoms with E-state index in [4.69, 9.17) is 9.47 Å². The molecule has 1 amide bonds. The van der Waals surface area contributed by atoms with Crippen molar-refractivity contribution in [3.05, 3.63) is 48.2 Å². The molecule has 1 aliphatic heterocycles. The number of ether oxygens (including phenoxy) is 2. The van der Waals surface area contributed by atoms with Crippen molar-refractivity contribution in [3.63, 3.8) is 0 Å². The first kappa shape index (κ1) is 15.3. The van der Waals surface area contributed by atoms with Gasteiger partial charge in [-0.15, -0.1) is 0 Å². The van der Waals surface area contributed by atoms with Gasteiger partial charge in [0.05, 0.1) is 13.0 Å². The Balaban J connectivity index is 1.58. The maximum atomic E-state index is 11.8. The number of amides is 1. The van der Waals surface area contributed by atoms with Gasteiger partial charge >= 0.3 is 0 Å². The Hall–Kier alpha value is -2.60. The van der Waals surface area contributed by atoms with Crippen LogP contribution in [0.15, 0.2) is 42.6 Å². The second-order valence-electron chi connectivity index (χ2n) is 5.35. The number of aromatic nitrogens is 1. The third-order valence-electron chi connectivity index (χ3n) is 3.70. The molecule has 120 valence electrons. The maximum Gasteiger partial charge on any atom is 0.225 e. The summed E-state index contributed by atoms with van der Waals surface area (Å²) in [6, 6.07) is 11.0. The van der Waals surface area contributed by atoms with E-state index in [9.17, 15) is 4.79 Å². The molecule has 3 rings (SSSR count). The average molecular weight is 313 g/mol. The molecular formula is C17H19N3O3. The van der Waals surface area contributed by atoms with E-state index in [1.807, 2.05) is 36.4 Å². The van der Waals surface area contributed by atoms with Gasteiger partial charge in [0.15, 0.2) is 0 Å². The van der Waals surface area contributed by atoms with Crippen LogP contribution in [0.4, 0.5) is 0 Å². The summed E-state index contributed by atoms with van der Waals surface area (Å²) in [5, 5.41) is 6.01. The predicted octanol–water partition coefficient (Wildman–Crippen LogP) is 1.72. The van der Waals surface area contributed by atoms with Gasteiger partial charge < -0.3 is 20.1 Å². The number of nitrogens with one attached hydrogen (secondary N) is 2. The molecule has 0 bridgehead atoms. The zero-order valence-electron chi connectivity index (χ0n) is 12.9. The van der Waals surface area contributed by atoms with Gasteiger partial charge in [-0.1, -0.05) is 0 Å². The minimum absolute atomic E-state index is 0.0817. The van der Waals surface area contributed by atoms with Crippen LogP contribution in [0.5, 0.6) is 17.4 Å². The van der Waals surface area contributed by atoms with Crippen molar-refractivity contribution in [2.75, 3.05) is 20.2 Å². The summed E-state index contributed by atoms with van der Waals surface area (Å²) < 4.78 is 10.8. The molecule has 23 heavy (non-hydrogen) atoms. The van der Waals surface area contributed by atoms with E-state index in [0.29, 0.717) is 18.2 Å². The Bertz CT molecular complexity index is 669. The van der Waals surface area contributed by atoms with Crippen LogP contribution in [0.2, 0.25) is 0 Å². The highest BCUT2D eigenvalue weighted by molar-refractivity contribution is 5.79. The number of hydrogen-bond acceptors (Lipinski definition) is 5. The number of rotatable bonds is 6. The smallest absolute Gasteiger partial charge is 0.225 e. The Morgan fingerprint density at radius 3 is 2.65 bits per heavy atom. The Morgan fingerprint density at radius 2 is 2.00 bits per heavy atom. The zero-order valence-corrected chi connectivity index (χ0v) is 12.9. The Morgan fingerprint density at radius 1 is 1.26 bits per heavy atom. The highest BCUT2D eigenvalue weighted by Gasteiger charge is 2.24. The highest BCUT2D eigenvalue weighted by atomic mass is 16.5. The largest absolute Gasteiger partial charge is 0.497 e. The zero-order chi connectivity index (χ0) is 16.1. The van der Waals surface area contributed by atoms with Gasteiger partial charge in [-0.2, -0.15) is 0 Å². The number of carbonyl (C=O) groups excluding carboxylic acids is 1. The molecule has 0 aliphatic carbocycles. The fourth-order valence-corrected chi connectivity index (χ4v) is 2.19. The molecule has 1 aliphatic rings. The van der Waals surface area contributed by atoms with E-state index in [-0.39, 0.29) is 11.8 Å². The van der Waals surface area contributed by atoms with Crippen molar-refractivity contribution in [1.29, 1.82) is 0 Å². The van der Waals surface area contributed by atoms with Gasteiger partial charge in [-0.25, -0.2) is 4.98 Å². The second-order valence-corrected chi connectivity index (χ2v) is 5.35. The van der Waals surface area contributed by atoms with E-state index in [1.165, 1.54) is 0 Å². The average Bonchev–Trinajstić information content (AvgIpc) is 2.52. The first-order valence-corrected chi connectivity index (χ1v) is 7.50. The Labute approximate surface area is 134 Å². The number of nitrogens with zero attached hydrogens (tertiary/aromatic N) is 1. The number of benzene rings is 1. The molecule has 6 heteroatoms. The van der Waals surface area contributed by atoms with Crippen molar-refractivity contribution in [2.45, 2.75) is 6.54 Å². The van der Waals surface area contributed by atoms with Gasteiger partial charge in [-0.3, -0.25) is 4.79 Å². The molecule has 1 saturated heterocycles. The normalized spacial score (nSPS) is 14.0. The molecule has 1 fully saturated rings. The summed E-state index contributed by atoms with van der Waals surface area (Å²) >= 11 is 0.